The molecule has 0 saturated carbocycles. The molecule has 0 fully saturated rings. The van der Waals surface area contributed by atoms with E-state index in [2.05, 4.69) is 25.7 Å². The molecule has 1 aliphatic heterocycles. The average molecular weight is 428 g/mol. The lowest BCUT2D eigenvalue weighted by molar-refractivity contribution is -0.175. The number of benzene rings is 1. The van der Waals surface area contributed by atoms with Crippen LogP contribution in [0.15, 0.2) is 35.1 Å². The molecule has 0 unspecified atom stereocenters. The summed E-state index contributed by atoms with van der Waals surface area (Å²) in [5.74, 6) is -0.290. The second kappa shape index (κ2) is 7.16. The molecule has 1 aliphatic rings. The molecule has 0 amide bonds. The Morgan fingerprint density at radius 1 is 1.29 bits per heavy atom. The molecule has 12 nitrogen and oxygen atoms in total. The van der Waals surface area contributed by atoms with Crippen LogP contribution in [0, 0.1) is 0 Å². The average Bonchev–Trinajstić information content (AvgIpc) is 3.14. The number of rotatable bonds is 5. The SMILES string of the molecule is CC1(C)Oc2ccc(-c3nnnn3CC(=O)O)cc2[C@@H](Oc2ccc(=O)[nH]n2)[C@]1(C)O. The van der Waals surface area contributed by atoms with Gasteiger partial charge in [-0.2, -0.15) is 0 Å². The Morgan fingerprint density at radius 2 is 2.06 bits per heavy atom. The van der Waals surface area contributed by atoms with Crippen LogP contribution in [0.2, 0.25) is 0 Å². The smallest absolute Gasteiger partial charge is 0.325 e. The van der Waals surface area contributed by atoms with Crippen LogP contribution < -0.4 is 15.0 Å². The zero-order valence-corrected chi connectivity index (χ0v) is 16.9. The lowest BCUT2D eigenvalue weighted by atomic mass is 9.76. The summed E-state index contributed by atoms with van der Waals surface area (Å²) in [4.78, 5) is 22.4. The standard InChI is InChI=1S/C19H20N6O6/c1-18(2)19(3,29)16(30-14-7-6-13(26)20-21-14)11-8-10(4-5-12(11)31-18)17-22-23-24-25(17)9-15(27)28/h4-8,16,29H,9H2,1-3H3,(H,20,26)(H,27,28)/t16-,19+/m1/s1. The fourth-order valence-electron chi connectivity index (χ4n) is 3.32. The van der Waals surface area contributed by atoms with Crippen molar-refractivity contribution >= 4 is 5.97 Å². The van der Waals surface area contributed by atoms with Gasteiger partial charge in [0.2, 0.25) is 5.88 Å². The molecular weight excluding hydrogens is 408 g/mol. The first-order valence-electron chi connectivity index (χ1n) is 9.34. The number of tetrazole rings is 1. The van der Waals surface area contributed by atoms with Crippen molar-refractivity contribution in [1.82, 2.24) is 30.4 Å². The minimum atomic E-state index is -1.51. The molecule has 31 heavy (non-hydrogen) atoms. The maximum atomic E-state index is 11.3. The van der Waals surface area contributed by atoms with E-state index >= 15 is 0 Å². The molecule has 3 N–H and O–H groups in total. The predicted molar refractivity (Wildman–Crippen MR) is 104 cm³/mol. The highest BCUT2D eigenvalue weighted by Crippen LogP contribution is 2.48. The van der Waals surface area contributed by atoms with Crippen LogP contribution in [0.5, 0.6) is 11.6 Å². The second-order valence-electron chi connectivity index (χ2n) is 7.82. The van der Waals surface area contributed by atoms with E-state index in [0.717, 1.165) is 4.68 Å². The number of carboxylic acid groups (broad SMARTS) is 1. The highest BCUT2D eigenvalue weighted by Gasteiger charge is 2.54. The third kappa shape index (κ3) is 3.61. The Morgan fingerprint density at radius 3 is 2.74 bits per heavy atom. The first-order valence-corrected chi connectivity index (χ1v) is 9.34. The van der Waals surface area contributed by atoms with E-state index in [1.165, 1.54) is 12.1 Å². The van der Waals surface area contributed by atoms with Crippen molar-refractivity contribution < 1.29 is 24.5 Å². The summed E-state index contributed by atoms with van der Waals surface area (Å²) in [5, 5.41) is 37.8. The number of nitrogens with zero attached hydrogens (tertiary/aromatic N) is 5. The molecule has 3 aromatic rings. The van der Waals surface area contributed by atoms with Gasteiger partial charge >= 0.3 is 5.97 Å². The van der Waals surface area contributed by atoms with Gasteiger partial charge in [0.15, 0.2) is 11.9 Å². The van der Waals surface area contributed by atoms with Crippen molar-refractivity contribution in [3.63, 3.8) is 0 Å². The van der Waals surface area contributed by atoms with Crippen molar-refractivity contribution in [2.45, 2.75) is 44.6 Å². The van der Waals surface area contributed by atoms with Crippen LogP contribution in [0.3, 0.4) is 0 Å². The molecule has 0 aliphatic carbocycles. The number of carboxylic acids is 1. The van der Waals surface area contributed by atoms with Gasteiger partial charge in [-0.05, 0) is 49.4 Å². The fraction of sp³-hybridized carbons (Fsp3) is 0.368. The van der Waals surface area contributed by atoms with Gasteiger partial charge < -0.3 is 19.7 Å². The lowest BCUT2D eigenvalue weighted by Crippen LogP contribution is -2.59. The topological polar surface area (TPSA) is 165 Å². The summed E-state index contributed by atoms with van der Waals surface area (Å²) in [6, 6.07) is 7.69. The normalized spacial score (nSPS) is 21.7. The van der Waals surface area contributed by atoms with Gasteiger partial charge in [-0.25, -0.2) is 9.78 Å². The van der Waals surface area contributed by atoms with Gasteiger partial charge in [-0.1, -0.05) is 0 Å². The van der Waals surface area contributed by atoms with Crippen LogP contribution in [-0.2, 0) is 11.3 Å². The van der Waals surface area contributed by atoms with Crippen LogP contribution >= 0.6 is 0 Å². The Balaban J connectivity index is 1.81. The summed E-state index contributed by atoms with van der Waals surface area (Å²) in [6.45, 7) is 4.62. The summed E-state index contributed by atoms with van der Waals surface area (Å²) >= 11 is 0. The minimum absolute atomic E-state index is 0.106. The number of carbonyl (C=O) groups is 1. The largest absolute Gasteiger partial charge is 0.484 e. The third-order valence-corrected chi connectivity index (χ3v) is 5.35. The molecular formula is C19H20N6O6. The number of nitrogens with one attached hydrogen (secondary N) is 1. The minimum Gasteiger partial charge on any atom is -0.484 e. The van der Waals surface area contributed by atoms with Gasteiger partial charge in [-0.15, -0.1) is 10.2 Å². The summed E-state index contributed by atoms with van der Waals surface area (Å²) in [7, 11) is 0. The number of H-pyrrole nitrogens is 1. The quantitative estimate of drug-likeness (QED) is 0.522. The van der Waals surface area contributed by atoms with Crippen LogP contribution in [0.1, 0.15) is 32.4 Å². The predicted octanol–water partition coefficient (Wildman–Crippen LogP) is 0.550. The summed E-state index contributed by atoms with van der Waals surface area (Å²) in [5.41, 5.74) is -1.94. The van der Waals surface area contributed by atoms with E-state index in [1.807, 2.05) is 0 Å². The first kappa shape index (κ1) is 20.5. The second-order valence-corrected chi connectivity index (χ2v) is 7.82. The molecule has 4 rings (SSSR count). The number of ether oxygens (including phenoxy) is 2. The van der Waals surface area contributed by atoms with Crippen molar-refractivity contribution in [3.8, 4) is 23.0 Å². The van der Waals surface area contributed by atoms with Crippen molar-refractivity contribution in [2.24, 2.45) is 0 Å². The van der Waals surface area contributed by atoms with Crippen LogP contribution in [0.25, 0.3) is 11.4 Å². The van der Waals surface area contributed by atoms with Crippen molar-refractivity contribution in [2.75, 3.05) is 0 Å². The lowest BCUT2D eigenvalue weighted by Gasteiger charge is -2.48. The molecule has 0 saturated heterocycles. The van der Waals surface area contributed by atoms with E-state index in [1.54, 1.807) is 39.0 Å². The molecule has 12 heteroatoms. The molecule has 2 aromatic heterocycles. The maximum Gasteiger partial charge on any atom is 0.325 e. The van der Waals surface area contributed by atoms with Crippen LogP contribution in [0.4, 0.5) is 0 Å². The summed E-state index contributed by atoms with van der Waals surface area (Å²) in [6.07, 6.45) is -0.937. The van der Waals surface area contributed by atoms with Crippen LogP contribution in [-0.4, -0.2) is 57.8 Å². The maximum absolute atomic E-state index is 11.3. The molecule has 2 atom stereocenters. The molecule has 3 heterocycles. The zero-order valence-electron chi connectivity index (χ0n) is 16.9. The van der Waals surface area contributed by atoms with E-state index in [4.69, 9.17) is 14.6 Å². The van der Waals surface area contributed by atoms with Gasteiger partial charge in [0, 0.05) is 23.3 Å². The van der Waals surface area contributed by atoms with E-state index in [9.17, 15) is 14.7 Å². The fourth-order valence-corrected chi connectivity index (χ4v) is 3.32. The van der Waals surface area contributed by atoms with Gasteiger partial charge in [0.05, 0.1) is 0 Å². The molecule has 0 radical (unpaired) electrons. The van der Waals surface area contributed by atoms with Crippen molar-refractivity contribution in [1.29, 1.82) is 0 Å². The zero-order chi connectivity index (χ0) is 22.4. The number of fused-ring (bicyclic) bond motifs is 1. The monoisotopic (exact) mass is 428 g/mol. The van der Waals surface area contributed by atoms with E-state index < -0.39 is 29.8 Å². The summed E-state index contributed by atoms with van der Waals surface area (Å²) < 4.78 is 13.2. The molecule has 0 bridgehead atoms. The number of aliphatic hydroxyl groups is 1. The third-order valence-electron chi connectivity index (χ3n) is 5.35. The van der Waals surface area contributed by atoms with Gasteiger partial charge in [-0.3, -0.25) is 9.59 Å². The highest BCUT2D eigenvalue weighted by molar-refractivity contribution is 5.68. The van der Waals surface area contributed by atoms with E-state index in [0.29, 0.717) is 16.9 Å². The van der Waals surface area contributed by atoms with Gasteiger partial charge in [0.1, 0.15) is 23.5 Å². The molecule has 0 spiro atoms. The number of hydrogen-bond donors (Lipinski definition) is 3. The van der Waals surface area contributed by atoms with Crippen molar-refractivity contribution in [3.05, 3.63) is 46.2 Å². The first-order chi connectivity index (χ1) is 14.6. The number of aromatic nitrogens is 6. The number of aromatic amines is 1. The number of hydrogen-bond acceptors (Lipinski definition) is 9. The van der Waals surface area contributed by atoms with Gasteiger partial charge in [0.25, 0.3) is 5.56 Å². The Labute approximate surface area is 175 Å². The van der Waals surface area contributed by atoms with E-state index in [-0.39, 0.29) is 17.3 Å². The molecule has 162 valence electrons. The Bertz CT molecular complexity index is 1180. The molecule has 1 aromatic carbocycles. The number of aliphatic carboxylic acids is 1. The highest BCUT2D eigenvalue weighted by atomic mass is 16.6. The Hall–Kier alpha value is -3.80. The Kier molecular flexibility index (Phi) is 4.73.